The van der Waals surface area contributed by atoms with E-state index < -0.39 is 18.6 Å². The third-order valence-corrected chi connectivity index (χ3v) is 2.71. The number of carboxylic acid groups (broad SMARTS) is 1. The molecule has 0 bridgehead atoms. The van der Waals surface area contributed by atoms with Gasteiger partial charge in [-0.3, -0.25) is 4.79 Å². The molecule has 0 aliphatic rings. The maximum atomic E-state index is 10.9. The van der Waals surface area contributed by atoms with Gasteiger partial charge in [0.15, 0.2) is 0 Å². The van der Waals surface area contributed by atoms with E-state index in [9.17, 15) is 4.79 Å². The highest BCUT2D eigenvalue weighted by molar-refractivity contribution is 6.58. The minimum absolute atomic E-state index is 0.190. The first-order valence-electron chi connectivity index (χ1n) is 5.22. The van der Waals surface area contributed by atoms with Gasteiger partial charge in [-0.25, -0.2) is 0 Å². The summed E-state index contributed by atoms with van der Waals surface area (Å²) >= 11 is 0. The molecule has 0 fully saturated rings. The quantitative estimate of drug-likeness (QED) is 0.504. The van der Waals surface area contributed by atoms with Crippen LogP contribution in [0.15, 0.2) is 18.2 Å². The van der Waals surface area contributed by atoms with E-state index in [4.69, 9.17) is 20.9 Å². The number of benzene rings is 1. The van der Waals surface area contributed by atoms with Crippen molar-refractivity contribution in [2.75, 3.05) is 0 Å². The topological polar surface area (TPSA) is 104 Å². The number of aliphatic carboxylic acids is 1. The predicted octanol–water partition coefficient (Wildman–Crippen LogP) is -0.981. The predicted molar refractivity (Wildman–Crippen MR) is 64.9 cm³/mol. The van der Waals surface area contributed by atoms with Crippen molar-refractivity contribution in [1.29, 1.82) is 0 Å². The molecule has 5 N–H and O–H groups in total. The Bertz CT molecular complexity index is 431. The van der Waals surface area contributed by atoms with Crippen LogP contribution < -0.4 is 11.2 Å². The lowest BCUT2D eigenvalue weighted by molar-refractivity contribution is -0.142. The van der Waals surface area contributed by atoms with E-state index in [0.717, 1.165) is 11.1 Å². The first-order valence-corrected chi connectivity index (χ1v) is 5.22. The molecular formula is C11H16BNO4. The van der Waals surface area contributed by atoms with Crippen LogP contribution in [-0.2, 0) is 11.2 Å². The summed E-state index contributed by atoms with van der Waals surface area (Å²) in [6.07, 6.45) is 0.190. The highest BCUT2D eigenvalue weighted by Gasteiger charge is 2.28. The highest BCUT2D eigenvalue weighted by Crippen LogP contribution is 2.14. The fourth-order valence-electron chi connectivity index (χ4n) is 1.55. The molecule has 6 heteroatoms. The third-order valence-electron chi connectivity index (χ3n) is 2.71. The number of carbonyl (C=O) groups is 1. The van der Waals surface area contributed by atoms with Gasteiger partial charge in [0.25, 0.3) is 0 Å². The van der Waals surface area contributed by atoms with E-state index in [-0.39, 0.29) is 6.42 Å². The first-order chi connectivity index (χ1) is 7.74. The zero-order valence-electron chi connectivity index (χ0n) is 9.84. The Labute approximate surface area is 100 Å². The second-order valence-corrected chi connectivity index (χ2v) is 4.46. The molecule has 5 nitrogen and oxygen atoms in total. The van der Waals surface area contributed by atoms with Crippen molar-refractivity contribution in [3.63, 3.8) is 0 Å². The third kappa shape index (κ3) is 3.29. The molecule has 17 heavy (non-hydrogen) atoms. The molecule has 0 unspecified atom stereocenters. The maximum Gasteiger partial charge on any atom is 0.488 e. The number of hydrogen-bond acceptors (Lipinski definition) is 4. The van der Waals surface area contributed by atoms with Gasteiger partial charge in [0, 0.05) is 6.42 Å². The van der Waals surface area contributed by atoms with Gasteiger partial charge in [0.1, 0.15) is 5.54 Å². The zero-order chi connectivity index (χ0) is 13.2. The van der Waals surface area contributed by atoms with Crippen LogP contribution in [-0.4, -0.2) is 33.8 Å². The van der Waals surface area contributed by atoms with Crippen LogP contribution in [0.4, 0.5) is 0 Å². The maximum absolute atomic E-state index is 10.9. The minimum atomic E-state index is -1.52. The Hall–Kier alpha value is -1.37. The lowest BCUT2D eigenvalue weighted by Crippen LogP contribution is -2.47. The normalized spacial score (nSPS) is 14.2. The van der Waals surface area contributed by atoms with Crippen LogP contribution >= 0.6 is 0 Å². The molecule has 0 spiro atoms. The molecule has 1 aromatic carbocycles. The van der Waals surface area contributed by atoms with Crippen molar-refractivity contribution in [2.24, 2.45) is 5.73 Å². The first kappa shape index (κ1) is 13.7. The largest absolute Gasteiger partial charge is 0.488 e. The Balaban J connectivity index is 2.98. The zero-order valence-corrected chi connectivity index (χ0v) is 9.84. The molecule has 0 aromatic heterocycles. The van der Waals surface area contributed by atoms with E-state index in [0.29, 0.717) is 5.46 Å². The molecule has 1 atom stereocenters. The molecule has 0 heterocycles. The molecule has 92 valence electrons. The monoisotopic (exact) mass is 237 g/mol. The van der Waals surface area contributed by atoms with E-state index in [2.05, 4.69) is 0 Å². The minimum Gasteiger partial charge on any atom is -0.480 e. The summed E-state index contributed by atoms with van der Waals surface area (Å²) in [6, 6.07) is 4.82. The second kappa shape index (κ2) is 4.87. The van der Waals surface area contributed by atoms with Crippen molar-refractivity contribution in [3.8, 4) is 0 Å². The number of aryl methyl sites for hydroxylation is 1. The van der Waals surface area contributed by atoms with Crippen LogP contribution in [0.2, 0.25) is 0 Å². The summed E-state index contributed by atoms with van der Waals surface area (Å²) in [6.45, 7) is 3.22. The summed E-state index contributed by atoms with van der Waals surface area (Å²) in [5.41, 5.74) is 6.27. The Morgan fingerprint density at radius 3 is 2.47 bits per heavy atom. The summed E-state index contributed by atoms with van der Waals surface area (Å²) < 4.78 is 0. The molecule has 0 saturated carbocycles. The molecule has 0 amide bonds. The van der Waals surface area contributed by atoms with Gasteiger partial charge >= 0.3 is 13.1 Å². The van der Waals surface area contributed by atoms with E-state index in [1.165, 1.54) is 6.92 Å². The summed E-state index contributed by atoms with van der Waals surface area (Å²) in [5.74, 6) is -1.07. The number of nitrogens with two attached hydrogens (primary N) is 1. The van der Waals surface area contributed by atoms with Crippen LogP contribution in [0.1, 0.15) is 18.1 Å². The highest BCUT2D eigenvalue weighted by atomic mass is 16.4. The summed E-state index contributed by atoms with van der Waals surface area (Å²) in [4.78, 5) is 10.9. The van der Waals surface area contributed by atoms with Gasteiger partial charge < -0.3 is 20.9 Å². The smallest absolute Gasteiger partial charge is 0.480 e. The lowest BCUT2D eigenvalue weighted by Gasteiger charge is -2.20. The molecule has 0 aliphatic carbocycles. The number of carboxylic acids is 1. The fourth-order valence-corrected chi connectivity index (χ4v) is 1.55. The van der Waals surface area contributed by atoms with Gasteiger partial charge in [0.2, 0.25) is 0 Å². The van der Waals surface area contributed by atoms with Crippen molar-refractivity contribution < 1.29 is 19.9 Å². The van der Waals surface area contributed by atoms with Gasteiger partial charge in [-0.15, -0.1) is 0 Å². The second-order valence-electron chi connectivity index (χ2n) is 4.46. The lowest BCUT2D eigenvalue weighted by atomic mass is 9.78. The van der Waals surface area contributed by atoms with Gasteiger partial charge in [-0.2, -0.15) is 0 Å². The average Bonchev–Trinajstić information content (AvgIpc) is 2.20. The standard InChI is InChI=1S/C11H16BNO4/c1-7-5-9(12(16)17)4-3-8(7)6-11(2,13)10(14)15/h3-5,16-17H,6,13H2,1-2H3,(H,14,15)/t11-/m0/s1. The molecule has 1 rings (SSSR count). The van der Waals surface area contributed by atoms with E-state index in [1.54, 1.807) is 25.1 Å². The van der Waals surface area contributed by atoms with E-state index in [1.807, 2.05) is 0 Å². The fraction of sp³-hybridized carbons (Fsp3) is 0.364. The van der Waals surface area contributed by atoms with Crippen LogP contribution in [0, 0.1) is 6.92 Å². The van der Waals surface area contributed by atoms with Crippen molar-refractivity contribution >= 4 is 18.6 Å². The average molecular weight is 237 g/mol. The summed E-state index contributed by atoms with van der Waals surface area (Å²) in [7, 11) is -1.52. The Morgan fingerprint density at radius 2 is 2.06 bits per heavy atom. The van der Waals surface area contributed by atoms with Crippen LogP contribution in [0.3, 0.4) is 0 Å². The van der Waals surface area contributed by atoms with Crippen LogP contribution in [0.5, 0.6) is 0 Å². The molecule has 0 aliphatic heterocycles. The Morgan fingerprint density at radius 1 is 1.47 bits per heavy atom. The number of rotatable bonds is 4. The van der Waals surface area contributed by atoms with Crippen LogP contribution in [0.25, 0.3) is 0 Å². The van der Waals surface area contributed by atoms with Crippen molar-refractivity contribution in [1.82, 2.24) is 0 Å². The summed E-state index contributed by atoms with van der Waals surface area (Å²) in [5, 5.41) is 26.9. The van der Waals surface area contributed by atoms with Gasteiger partial charge in [0.05, 0.1) is 0 Å². The van der Waals surface area contributed by atoms with Gasteiger partial charge in [-0.05, 0) is 30.4 Å². The number of hydrogen-bond donors (Lipinski definition) is 4. The van der Waals surface area contributed by atoms with Crippen molar-refractivity contribution in [2.45, 2.75) is 25.8 Å². The SMILES string of the molecule is Cc1cc(B(O)O)ccc1C[C@](C)(N)C(=O)O. The molecule has 0 radical (unpaired) electrons. The Kier molecular flexibility index (Phi) is 3.92. The molecule has 1 aromatic rings. The molecule has 0 saturated heterocycles. The van der Waals surface area contributed by atoms with Crippen molar-refractivity contribution in [3.05, 3.63) is 29.3 Å². The van der Waals surface area contributed by atoms with Gasteiger partial charge in [-0.1, -0.05) is 18.2 Å². The molecular weight excluding hydrogens is 221 g/mol. The van der Waals surface area contributed by atoms with E-state index >= 15 is 0 Å².